The van der Waals surface area contributed by atoms with E-state index in [9.17, 15) is 19.5 Å². The van der Waals surface area contributed by atoms with E-state index in [2.05, 4.69) is 10.6 Å². The molecule has 0 saturated carbocycles. The van der Waals surface area contributed by atoms with Gasteiger partial charge in [0.1, 0.15) is 0 Å². The minimum absolute atomic E-state index is 0.0837. The van der Waals surface area contributed by atoms with Crippen molar-refractivity contribution in [2.75, 3.05) is 10.6 Å². The molecule has 1 unspecified atom stereocenters. The highest BCUT2D eigenvalue weighted by Gasteiger charge is 2.17. The Morgan fingerprint density at radius 3 is 2.34 bits per heavy atom. The monoisotopic (exact) mass is 504 g/mol. The minimum Gasteiger partial charge on any atom is -0.478 e. The molecule has 0 aliphatic heterocycles. The first-order chi connectivity index (χ1) is 16.8. The van der Waals surface area contributed by atoms with Crippen LogP contribution in [0.15, 0.2) is 89.8 Å². The summed E-state index contributed by atoms with van der Waals surface area (Å²) < 4.78 is 0. The summed E-state index contributed by atoms with van der Waals surface area (Å²) in [6, 6.07) is 24.9. The van der Waals surface area contributed by atoms with Gasteiger partial charge >= 0.3 is 5.97 Å². The van der Waals surface area contributed by atoms with E-state index in [0.29, 0.717) is 16.9 Å². The summed E-state index contributed by atoms with van der Waals surface area (Å²) in [5.74, 6) is -1.68. The first-order valence-electron chi connectivity index (χ1n) is 10.7. The Bertz CT molecular complexity index is 1440. The zero-order valence-corrected chi connectivity index (χ0v) is 20.2. The molecule has 176 valence electrons. The molecule has 0 bridgehead atoms. The van der Waals surface area contributed by atoms with Gasteiger partial charge in [0.25, 0.3) is 5.91 Å². The Balaban J connectivity index is 1.41. The van der Waals surface area contributed by atoms with Crippen molar-refractivity contribution in [3.05, 3.63) is 101 Å². The Labute approximate surface area is 211 Å². The number of anilines is 2. The molecule has 6 nitrogen and oxygen atoms in total. The molecule has 2 amide bonds. The lowest BCUT2D eigenvalue weighted by Gasteiger charge is -2.14. The topological polar surface area (TPSA) is 95.5 Å². The van der Waals surface area contributed by atoms with Gasteiger partial charge in [-0.2, -0.15) is 0 Å². The van der Waals surface area contributed by atoms with Crippen molar-refractivity contribution in [2.24, 2.45) is 0 Å². The number of hydrogen-bond donors (Lipinski definition) is 3. The number of benzene rings is 4. The summed E-state index contributed by atoms with van der Waals surface area (Å²) in [6.07, 6.45) is 0. The zero-order valence-electron chi connectivity index (χ0n) is 18.6. The quantitative estimate of drug-likeness (QED) is 0.248. The predicted molar refractivity (Wildman–Crippen MR) is 141 cm³/mol. The van der Waals surface area contributed by atoms with Crippen LogP contribution < -0.4 is 10.6 Å². The molecular formula is C27H21ClN2O4S. The van der Waals surface area contributed by atoms with E-state index >= 15 is 0 Å². The van der Waals surface area contributed by atoms with Crippen molar-refractivity contribution in [3.63, 3.8) is 0 Å². The molecular weight excluding hydrogens is 484 g/mol. The van der Waals surface area contributed by atoms with Gasteiger partial charge in [0, 0.05) is 21.8 Å². The van der Waals surface area contributed by atoms with Crippen LogP contribution in [0.5, 0.6) is 0 Å². The lowest BCUT2D eigenvalue weighted by atomic mass is 10.1. The van der Waals surface area contributed by atoms with Gasteiger partial charge in [0.15, 0.2) is 0 Å². The summed E-state index contributed by atoms with van der Waals surface area (Å²) in [6.45, 7) is 1.74. The Morgan fingerprint density at radius 2 is 1.57 bits per heavy atom. The fraction of sp³-hybridized carbons (Fsp3) is 0.0741. The molecule has 1 atom stereocenters. The van der Waals surface area contributed by atoms with E-state index in [1.807, 2.05) is 42.5 Å². The molecule has 4 aromatic rings. The maximum absolute atomic E-state index is 12.8. The minimum atomic E-state index is -1.17. The van der Waals surface area contributed by atoms with Crippen molar-refractivity contribution in [1.82, 2.24) is 0 Å². The molecule has 0 heterocycles. The number of fused-ring (bicyclic) bond motifs is 1. The van der Waals surface area contributed by atoms with E-state index in [1.165, 1.54) is 23.9 Å². The van der Waals surface area contributed by atoms with Crippen molar-refractivity contribution >= 4 is 63.3 Å². The van der Waals surface area contributed by atoms with Crippen LogP contribution in [0.25, 0.3) is 10.8 Å². The fourth-order valence-electron chi connectivity index (χ4n) is 3.45. The van der Waals surface area contributed by atoms with E-state index in [4.69, 9.17) is 11.6 Å². The number of carbonyl (C=O) groups is 3. The molecule has 8 heteroatoms. The summed E-state index contributed by atoms with van der Waals surface area (Å²) >= 11 is 7.20. The third-order valence-electron chi connectivity index (χ3n) is 5.25. The number of nitrogens with one attached hydrogen (secondary N) is 2. The van der Waals surface area contributed by atoms with Crippen molar-refractivity contribution in [1.29, 1.82) is 0 Å². The maximum atomic E-state index is 12.8. The first-order valence-corrected chi connectivity index (χ1v) is 12.0. The van der Waals surface area contributed by atoms with Crippen LogP contribution in [0, 0.1) is 0 Å². The molecule has 4 aromatic carbocycles. The number of carboxylic acids is 1. The molecule has 0 saturated heterocycles. The number of carbonyl (C=O) groups excluding carboxylic acids is 2. The number of thioether (sulfide) groups is 1. The second-order valence-corrected chi connectivity index (χ2v) is 9.61. The second kappa shape index (κ2) is 10.6. The molecule has 0 aromatic heterocycles. The van der Waals surface area contributed by atoms with Crippen molar-refractivity contribution in [3.8, 4) is 0 Å². The summed E-state index contributed by atoms with van der Waals surface area (Å²) in [4.78, 5) is 37.5. The summed E-state index contributed by atoms with van der Waals surface area (Å²) in [5.41, 5.74) is 1.43. The zero-order chi connectivity index (χ0) is 24.9. The van der Waals surface area contributed by atoms with Crippen LogP contribution >= 0.6 is 23.4 Å². The SMILES string of the molecule is CC(Sc1cccc(NC(=O)c2ccc3ccccc3c2)c1)C(=O)Nc1ccc(Cl)c(C(=O)O)c1. The number of halogens is 1. The van der Waals surface area contributed by atoms with Gasteiger partial charge in [-0.25, -0.2) is 4.79 Å². The number of aromatic carboxylic acids is 1. The lowest BCUT2D eigenvalue weighted by molar-refractivity contribution is -0.115. The highest BCUT2D eigenvalue weighted by molar-refractivity contribution is 8.00. The predicted octanol–water partition coefficient (Wildman–Crippen LogP) is 6.56. The van der Waals surface area contributed by atoms with Gasteiger partial charge < -0.3 is 15.7 Å². The van der Waals surface area contributed by atoms with Gasteiger partial charge in [-0.1, -0.05) is 48.0 Å². The molecule has 0 aliphatic rings. The molecule has 0 radical (unpaired) electrons. The van der Waals surface area contributed by atoms with Crippen LogP contribution in [0.4, 0.5) is 11.4 Å². The molecule has 4 rings (SSSR count). The smallest absolute Gasteiger partial charge is 0.337 e. The number of hydrogen-bond acceptors (Lipinski definition) is 4. The van der Waals surface area contributed by atoms with E-state index in [-0.39, 0.29) is 22.4 Å². The standard InChI is InChI=1S/C27H21ClN2O4S/c1-16(25(31)29-21-11-12-24(28)23(15-21)27(33)34)35-22-8-4-7-20(14-22)30-26(32)19-10-9-17-5-2-3-6-18(17)13-19/h2-16H,1H3,(H,29,31)(H,30,32)(H,33,34). The molecule has 35 heavy (non-hydrogen) atoms. The number of carboxylic acid groups (broad SMARTS) is 1. The molecule has 0 fully saturated rings. The largest absolute Gasteiger partial charge is 0.478 e. The average Bonchev–Trinajstić information content (AvgIpc) is 2.84. The van der Waals surface area contributed by atoms with E-state index < -0.39 is 11.2 Å². The van der Waals surface area contributed by atoms with Crippen LogP contribution in [-0.4, -0.2) is 28.1 Å². The maximum Gasteiger partial charge on any atom is 0.337 e. The van der Waals surface area contributed by atoms with Crippen LogP contribution in [-0.2, 0) is 4.79 Å². The Hall–Kier alpha value is -3.81. The highest BCUT2D eigenvalue weighted by Crippen LogP contribution is 2.28. The first kappa shape index (κ1) is 24.3. The van der Waals surface area contributed by atoms with Crippen LogP contribution in [0.2, 0.25) is 5.02 Å². The normalized spacial score (nSPS) is 11.6. The van der Waals surface area contributed by atoms with Crippen molar-refractivity contribution in [2.45, 2.75) is 17.1 Å². The Kier molecular flexibility index (Phi) is 7.39. The van der Waals surface area contributed by atoms with Gasteiger partial charge in [-0.3, -0.25) is 9.59 Å². The van der Waals surface area contributed by atoms with Crippen LogP contribution in [0.3, 0.4) is 0 Å². The van der Waals surface area contributed by atoms with Gasteiger partial charge in [-0.15, -0.1) is 11.8 Å². The van der Waals surface area contributed by atoms with E-state index in [1.54, 1.807) is 37.3 Å². The van der Waals surface area contributed by atoms with Crippen molar-refractivity contribution < 1.29 is 19.5 Å². The summed E-state index contributed by atoms with van der Waals surface area (Å²) in [5, 5.41) is 16.5. The molecule has 0 aliphatic carbocycles. The highest BCUT2D eigenvalue weighted by atomic mass is 35.5. The third kappa shape index (κ3) is 6.01. The Morgan fingerprint density at radius 1 is 0.829 bits per heavy atom. The molecule has 3 N–H and O–H groups in total. The second-order valence-electron chi connectivity index (χ2n) is 7.79. The number of amides is 2. The average molecular weight is 505 g/mol. The third-order valence-corrected chi connectivity index (χ3v) is 6.67. The van der Waals surface area contributed by atoms with Gasteiger partial charge in [0.05, 0.1) is 15.8 Å². The summed E-state index contributed by atoms with van der Waals surface area (Å²) in [7, 11) is 0. The van der Waals surface area contributed by atoms with Crippen LogP contribution in [0.1, 0.15) is 27.6 Å². The van der Waals surface area contributed by atoms with Gasteiger partial charge in [-0.05, 0) is 66.2 Å². The molecule has 0 spiro atoms. The fourth-order valence-corrected chi connectivity index (χ4v) is 4.57. The lowest BCUT2D eigenvalue weighted by Crippen LogP contribution is -2.22. The van der Waals surface area contributed by atoms with E-state index in [0.717, 1.165) is 15.7 Å². The number of rotatable bonds is 7. The van der Waals surface area contributed by atoms with Gasteiger partial charge in [0.2, 0.25) is 5.91 Å².